The van der Waals surface area contributed by atoms with E-state index in [2.05, 4.69) is 87.8 Å². The summed E-state index contributed by atoms with van der Waals surface area (Å²) in [5.41, 5.74) is 4.43. The highest BCUT2D eigenvalue weighted by molar-refractivity contribution is 7.19. The predicted octanol–water partition coefficient (Wildman–Crippen LogP) is 6.41. The van der Waals surface area contributed by atoms with Gasteiger partial charge in [0.05, 0.1) is 11.6 Å². The van der Waals surface area contributed by atoms with E-state index in [0.29, 0.717) is 6.04 Å². The minimum atomic E-state index is -0.0506. The number of benzene rings is 1. The van der Waals surface area contributed by atoms with Gasteiger partial charge in [0, 0.05) is 33.1 Å². The van der Waals surface area contributed by atoms with Crippen LogP contribution in [0.25, 0.3) is 10.2 Å². The van der Waals surface area contributed by atoms with Gasteiger partial charge in [-0.1, -0.05) is 52.0 Å². The maximum absolute atomic E-state index is 4.68. The summed E-state index contributed by atoms with van der Waals surface area (Å²) in [5.74, 6) is 0. The lowest BCUT2D eigenvalue weighted by molar-refractivity contribution is 0.0674. The second-order valence-corrected chi connectivity index (χ2v) is 10.1. The van der Waals surface area contributed by atoms with Gasteiger partial charge >= 0.3 is 0 Å². The van der Waals surface area contributed by atoms with Crippen LogP contribution < -0.4 is 4.90 Å². The van der Waals surface area contributed by atoms with E-state index >= 15 is 0 Å². The molecule has 5 rings (SSSR count). The Morgan fingerprint density at radius 2 is 1.73 bits per heavy atom. The van der Waals surface area contributed by atoms with Gasteiger partial charge in [0.25, 0.3) is 0 Å². The molecule has 3 aromatic rings. The smallest absolute Gasteiger partial charge is 0.123 e. The van der Waals surface area contributed by atoms with Crippen LogP contribution in [0.5, 0.6) is 0 Å². The number of rotatable bonds is 0. The molecule has 0 amide bonds. The SMILES string of the molecule is C[C@H]1c2c(sc3ncccc23)C2(C)N1c1ccccc1C(C)(C)C2(C)C. The van der Waals surface area contributed by atoms with Crippen molar-refractivity contribution in [3.8, 4) is 0 Å². The molecular weight excluding hydrogens is 336 g/mol. The normalized spacial score (nSPS) is 27.9. The molecule has 2 aliphatic rings. The number of anilines is 1. The predicted molar refractivity (Wildman–Crippen MR) is 111 cm³/mol. The highest BCUT2D eigenvalue weighted by Crippen LogP contribution is 2.68. The third kappa shape index (κ3) is 1.54. The van der Waals surface area contributed by atoms with Crippen LogP contribution in [-0.4, -0.2) is 4.98 Å². The Morgan fingerprint density at radius 3 is 2.50 bits per heavy atom. The van der Waals surface area contributed by atoms with E-state index in [1.54, 1.807) is 0 Å². The zero-order valence-corrected chi connectivity index (χ0v) is 17.2. The lowest BCUT2D eigenvalue weighted by Gasteiger charge is -2.61. The molecule has 134 valence electrons. The van der Waals surface area contributed by atoms with Crippen molar-refractivity contribution in [2.24, 2.45) is 5.41 Å². The highest BCUT2D eigenvalue weighted by atomic mass is 32.1. The molecule has 0 saturated carbocycles. The Hall–Kier alpha value is -1.87. The largest absolute Gasteiger partial charge is 0.354 e. The number of hydrogen-bond acceptors (Lipinski definition) is 3. The third-order valence-electron chi connectivity index (χ3n) is 7.85. The summed E-state index contributed by atoms with van der Waals surface area (Å²) in [6, 6.07) is 13.7. The molecule has 4 heterocycles. The van der Waals surface area contributed by atoms with Gasteiger partial charge in [-0.05, 0) is 37.0 Å². The summed E-state index contributed by atoms with van der Waals surface area (Å²) in [6.45, 7) is 14.6. The van der Waals surface area contributed by atoms with Crippen molar-refractivity contribution in [1.82, 2.24) is 4.98 Å². The van der Waals surface area contributed by atoms with Crippen LogP contribution in [0.3, 0.4) is 0 Å². The van der Waals surface area contributed by atoms with E-state index in [9.17, 15) is 0 Å². The monoisotopic (exact) mass is 362 g/mol. The van der Waals surface area contributed by atoms with Crippen molar-refractivity contribution in [3.05, 3.63) is 58.6 Å². The maximum Gasteiger partial charge on any atom is 0.123 e. The van der Waals surface area contributed by atoms with Crippen molar-refractivity contribution < 1.29 is 0 Å². The molecule has 2 aromatic heterocycles. The van der Waals surface area contributed by atoms with Gasteiger partial charge in [0.15, 0.2) is 0 Å². The lowest BCUT2D eigenvalue weighted by Crippen LogP contribution is -2.61. The molecule has 0 N–H and O–H groups in total. The van der Waals surface area contributed by atoms with Crippen LogP contribution in [0.4, 0.5) is 5.69 Å². The lowest BCUT2D eigenvalue weighted by atomic mass is 9.52. The van der Waals surface area contributed by atoms with Gasteiger partial charge in [0.2, 0.25) is 0 Å². The molecule has 26 heavy (non-hydrogen) atoms. The number of aromatic nitrogens is 1. The van der Waals surface area contributed by atoms with E-state index in [1.165, 1.54) is 31.9 Å². The van der Waals surface area contributed by atoms with E-state index < -0.39 is 0 Å². The Kier molecular flexibility index (Phi) is 2.94. The van der Waals surface area contributed by atoms with Gasteiger partial charge in [-0.3, -0.25) is 0 Å². The first-order valence-corrected chi connectivity index (χ1v) is 10.3. The van der Waals surface area contributed by atoms with Crippen molar-refractivity contribution in [3.63, 3.8) is 0 Å². The molecule has 2 nitrogen and oxygen atoms in total. The molecule has 1 unspecified atom stereocenters. The van der Waals surface area contributed by atoms with E-state index in [-0.39, 0.29) is 16.4 Å². The Labute approximate surface area is 159 Å². The first-order valence-electron chi connectivity index (χ1n) is 9.49. The highest BCUT2D eigenvalue weighted by Gasteiger charge is 2.64. The van der Waals surface area contributed by atoms with Gasteiger partial charge in [-0.2, -0.15) is 0 Å². The quantitative estimate of drug-likeness (QED) is 0.459. The number of nitrogens with zero attached hydrogens (tertiary/aromatic N) is 2. The van der Waals surface area contributed by atoms with Crippen LogP contribution in [0, 0.1) is 5.41 Å². The van der Waals surface area contributed by atoms with Crippen molar-refractivity contribution in [2.45, 2.75) is 58.5 Å². The summed E-state index contributed by atoms with van der Waals surface area (Å²) in [7, 11) is 0. The molecule has 0 spiro atoms. The molecule has 2 atom stereocenters. The summed E-state index contributed by atoms with van der Waals surface area (Å²) in [6.07, 6.45) is 1.92. The fourth-order valence-electron chi connectivity index (χ4n) is 5.55. The first kappa shape index (κ1) is 16.3. The van der Waals surface area contributed by atoms with Crippen LogP contribution in [0.15, 0.2) is 42.6 Å². The minimum absolute atomic E-state index is 0.0506. The molecule has 2 aliphatic heterocycles. The molecule has 3 heteroatoms. The van der Waals surface area contributed by atoms with Crippen molar-refractivity contribution in [1.29, 1.82) is 0 Å². The fraction of sp³-hybridized carbons (Fsp3) is 0.435. The van der Waals surface area contributed by atoms with E-state index in [4.69, 9.17) is 0 Å². The summed E-state index contributed by atoms with van der Waals surface area (Å²) >= 11 is 1.90. The second kappa shape index (κ2) is 4.69. The van der Waals surface area contributed by atoms with Crippen molar-refractivity contribution >= 4 is 27.2 Å². The summed E-state index contributed by atoms with van der Waals surface area (Å²) < 4.78 is 0. The Balaban J connectivity index is 1.92. The van der Waals surface area contributed by atoms with Crippen LogP contribution in [-0.2, 0) is 11.0 Å². The molecular formula is C23H26N2S. The number of hydrogen-bond donors (Lipinski definition) is 0. The first-order chi connectivity index (χ1) is 12.2. The average molecular weight is 363 g/mol. The zero-order valence-electron chi connectivity index (χ0n) is 16.4. The number of fused-ring (bicyclic) bond motifs is 7. The van der Waals surface area contributed by atoms with E-state index in [0.717, 1.165) is 0 Å². The minimum Gasteiger partial charge on any atom is -0.354 e. The second-order valence-electron chi connectivity index (χ2n) is 9.09. The zero-order chi connectivity index (χ0) is 18.5. The molecule has 0 fully saturated rings. The number of pyridine rings is 1. The Bertz CT molecular complexity index is 1050. The molecule has 0 saturated heterocycles. The summed E-state index contributed by atoms with van der Waals surface area (Å²) in [4.78, 5) is 10.1. The number of para-hydroxylation sites is 1. The molecule has 1 aromatic carbocycles. The third-order valence-corrected chi connectivity index (χ3v) is 9.19. The standard InChI is InChI=1S/C23H26N2S/c1-14-18-15-10-9-13-24-20(15)26-19(18)23(6)22(4,5)21(2,3)16-11-7-8-12-17(16)25(14)23/h7-14H,1-6H3/t14-,23?/m0/s1. The van der Waals surface area contributed by atoms with Crippen molar-refractivity contribution in [2.75, 3.05) is 4.90 Å². The summed E-state index contributed by atoms with van der Waals surface area (Å²) in [5, 5.41) is 1.33. The van der Waals surface area contributed by atoms with Gasteiger partial charge < -0.3 is 4.90 Å². The maximum atomic E-state index is 4.68. The van der Waals surface area contributed by atoms with Gasteiger partial charge in [-0.15, -0.1) is 11.3 Å². The van der Waals surface area contributed by atoms with Crippen LogP contribution >= 0.6 is 11.3 Å². The van der Waals surface area contributed by atoms with Crippen LogP contribution in [0.1, 0.15) is 63.6 Å². The molecule has 0 radical (unpaired) electrons. The van der Waals surface area contributed by atoms with Gasteiger partial charge in [0.1, 0.15) is 4.83 Å². The molecule has 0 bridgehead atoms. The fourth-order valence-corrected chi connectivity index (χ4v) is 7.08. The number of thiophene rings is 1. The van der Waals surface area contributed by atoms with Gasteiger partial charge in [-0.25, -0.2) is 4.98 Å². The Morgan fingerprint density at radius 1 is 1.00 bits per heavy atom. The topological polar surface area (TPSA) is 16.1 Å². The van der Waals surface area contributed by atoms with Crippen LogP contribution in [0.2, 0.25) is 0 Å². The average Bonchev–Trinajstić information content (AvgIpc) is 3.10. The van der Waals surface area contributed by atoms with E-state index in [1.807, 2.05) is 17.5 Å². The molecule has 0 aliphatic carbocycles.